The van der Waals surface area contributed by atoms with Gasteiger partial charge in [0.2, 0.25) is 0 Å². The van der Waals surface area contributed by atoms with Crippen molar-refractivity contribution in [2.24, 2.45) is 5.73 Å². The van der Waals surface area contributed by atoms with E-state index in [0.717, 1.165) is 0 Å². The number of para-hydroxylation sites is 2. The smallest absolute Gasteiger partial charge is 0.344 e. The van der Waals surface area contributed by atoms with Crippen molar-refractivity contribution in [2.75, 3.05) is 6.61 Å². The number of carbonyl (C=O) groups excluding carboxylic acids is 2. The van der Waals surface area contributed by atoms with Crippen LogP contribution in [0.15, 0.2) is 53.3 Å². The van der Waals surface area contributed by atoms with Crippen molar-refractivity contribution in [1.29, 1.82) is 0 Å². The van der Waals surface area contributed by atoms with E-state index in [1.54, 1.807) is 43.3 Å². The quantitative estimate of drug-likeness (QED) is 0.639. The summed E-state index contributed by atoms with van der Waals surface area (Å²) in [5.41, 5.74) is 5.62. The van der Waals surface area contributed by atoms with E-state index in [0.29, 0.717) is 10.9 Å². The van der Waals surface area contributed by atoms with Gasteiger partial charge in [-0.05, 0) is 31.2 Å². The van der Waals surface area contributed by atoms with Crippen molar-refractivity contribution in [1.82, 2.24) is 9.97 Å². The lowest BCUT2D eigenvalue weighted by atomic mass is 10.2. The van der Waals surface area contributed by atoms with Gasteiger partial charge in [0.1, 0.15) is 5.75 Å². The largest absolute Gasteiger partial charge is 0.481 e. The summed E-state index contributed by atoms with van der Waals surface area (Å²) in [4.78, 5) is 42.4. The summed E-state index contributed by atoms with van der Waals surface area (Å²) in [6.45, 7) is 1.16. The highest BCUT2D eigenvalue weighted by atomic mass is 16.6. The van der Waals surface area contributed by atoms with Crippen molar-refractivity contribution in [2.45, 2.75) is 13.0 Å². The van der Waals surface area contributed by atoms with Crippen LogP contribution in [0.1, 0.15) is 29.2 Å². The molecule has 1 atom stereocenters. The SMILES string of the molecule is C[C@H](OC(=O)COc1ccccc1C(N)=O)c1nc2ccccc2c(=O)[nH]1. The van der Waals surface area contributed by atoms with Gasteiger partial charge in [-0.2, -0.15) is 0 Å². The standard InChI is InChI=1S/C19H17N3O5/c1-11(18-21-14-8-4-2-6-12(14)19(25)22-18)27-16(23)10-26-15-9-5-3-7-13(15)17(20)24/h2-9,11H,10H2,1H3,(H2,20,24)(H,21,22,25)/t11-/m0/s1. The first-order valence-corrected chi connectivity index (χ1v) is 8.16. The summed E-state index contributed by atoms with van der Waals surface area (Å²) in [5, 5.41) is 0.450. The summed E-state index contributed by atoms with van der Waals surface area (Å²) >= 11 is 0. The summed E-state index contributed by atoms with van der Waals surface area (Å²) in [7, 11) is 0. The molecule has 0 saturated carbocycles. The maximum absolute atomic E-state index is 12.1. The Morgan fingerprint density at radius 1 is 1.15 bits per heavy atom. The Morgan fingerprint density at radius 2 is 1.85 bits per heavy atom. The van der Waals surface area contributed by atoms with E-state index in [4.69, 9.17) is 15.2 Å². The van der Waals surface area contributed by atoms with Crippen LogP contribution in [0.3, 0.4) is 0 Å². The normalized spacial score (nSPS) is 11.7. The molecular weight excluding hydrogens is 350 g/mol. The summed E-state index contributed by atoms with van der Waals surface area (Å²) < 4.78 is 10.6. The third-order valence-electron chi connectivity index (χ3n) is 3.82. The molecule has 0 unspecified atom stereocenters. The van der Waals surface area contributed by atoms with Crippen LogP contribution in [-0.4, -0.2) is 28.5 Å². The molecule has 1 heterocycles. The van der Waals surface area contributed by atoms with E-state index < -0.39 is 24.6 Å². The highest BCUT2D eigenvalue weighted by Gasteiger charge is 2.17. The van der Waals surface area contributed by atoms with E-state index >= 15 is 0 Å². The second-order valence-corrected chi connectivity index (χ2v) is 5.75. The maximum atomic E-state index is 12.1. The van der Waals surface area contributed by atoms with Gasteiger partial charge in [0.05, 0.1) is 16.5 Å². The second kappa shape index (κ2) is 7.69. The lowest BCUT2D eigenvalue weighted by Gasteiger charge is -2.14. The van der Waals surface area contributed by atoms with Gasteiger partial charge < -0.3 is 20.2 Å². The average Bonchev–Trinajstić information content (AvgIpc) is 2.66. The monoisotopic (exact) mass is 367 g/mol. The third kappa shape index (κ3) is 4.12. The first-order chi connectivity index (χ1) is 13.0. The van der Waals surface area contributed by atoms with Crippen LogP contribution in [0.25, 0.3) is 10.9 Å². The molecule has 1 aromatic heterocycles. The predicted octanol–water partition coefficient (Wildman–Crippen LogP) is 1.71. The molecule has 2 aromatic carbocycles. The molecule has 8 nitrogen and oxygen atoms in total. The zero-order valence-corrected chi connectivity index (χ0v) is 14.5. The van der Waals surface area contributed by atoms with Gasteiger partial charge in [0.15, 0.2) is 18.5 Å². The Labute approximate surface area is 153 Å². The molecular formula is C19H17N3O5. The topological polar surface area (TPSA) is 124 Å². The van der Waals surface area contributed by atoms with Crippen LogP contribution in [0, 0.1) is 0 Å². The number of benzene rings is 2. The third-order valence-corrected chi connectivity index (χ3v) is 3.82. The Balaban J connectivity index is 1.68. The fraction of sp³-hybridized carbons (Fsp3) is 0.158. The Bertz CT molecular complexity index is 1060. The van der Waals surface area contributed by atoms with Crippen LogP contribution in [0.4, 0.5) is 0 Å². The second-order valence-electron chi connectivity index (χ2n) is 5.75. The number of nitrogens with one attached hydrogen (secondary N) is 1. The van der Waals surface area contributed by atoms with Crippen LogP contribution in [0.5, 0.6) is 5.75 Å². The molecule has 0 aliphatic rings. The Hall–Kier alpha value is -3.68. The molecule has 138 valence electrons. The molecule has 3 N–H and O–H groups in total. The van der Waals surface area contributed by atoms with Crippen molar-refractivity contribution in [3.05, 3.63) is 70.3 Å². The maximum Gasteiger partial charge on any atom is 0.344 e. The molecule has 0 radical (unpaired) electrons. The zero-order valence-electron chi connectivity index (χ0n) is 14.5. The van der Waals surface area contributed by atoms with E-state index in [1.165, 1.54) is 12.1 Å². The lowest BCUT2D eigenvalue weighted by molar-refractivity contribution is -0.151. The predicted molar refractivity (Wildman–Crippen MR) is 97.3 cm³/mol. The molecule has 0 bridgehead atoms. The van der Waals surface area contributed by atoms with Crippen molar-refractivity contribution >= 4 is 22.8 Å². The highest BCUT2D eigenvalue weighted by molar-refractivity contribution is 5.95. The molecule has 3 rings (SSSR count). The van der Waals surface area contributed by atoms with Gasteiger partial charge in [-0.25, -0.2) is 9.78 Å². The van der Waals surface area contributed by atoms with Crippen LogP contribution in [-0.2, 0) is 9.53 Å². The van der Waals surface area contributed by atoms with Crippen LogP contribution in [0.2, 0.25) is 0 Å². The number of nitrogens with two attached hydrogens (primary N) is 1. The van der Waals surface area contributed by atoms with Gasteiger partial charge in [-0.3, -0.25) is 9.59 Å². The fourth-order valence-electron chi connectivity index (χ4n) is 2.52. The van der Waals surface area contributed by atoms with Gasteiger partial charge >= 0.3 is 5.97 Å². The summed E-state index contributed by atoms with van der Waals surface area (Å²) in [6, 6.07) is 13.2. The first-order valence-electron chi connectivity index (χ1n) is 8.16. The Kier molecular flexibility index (Phi) is 5.16. The number of esters is 1. The number of nitrogens with zero attached hydrogens (tertiary/aromatic N) is 1. The first kappa shape index (κ1) is 18.1. The molecule has 27 heavy (non-hydrogen) atoms. The summed E-state index contributed by atoms with van der Waals surface area (Å²) in [5.74, 6) is -0.931. The minimum Gasteiger partial charge on any atom is -0.481 e. The lowest BCUT2D eigenvalue weighted by Crippen LogP contribution is -2.21. The molecule has 0 saturated heterocycles. The molecule has 0 aliphatic heterocycles. The van der Waals surface area contributed by atoms with Gasteiger partial charge in [-0.1, -0.05) is 24.3 Å². The van der Waals surface area contributed by atoms with Gasteiger partial charge in [0.25, 0.3) is 11.5 Å². The highest BCUT2D eigenvalue weighted by Crippen LogP contribution is 2.18. The zero-order chi connectivity index (χ0) is 19.4. The number of rotatable bonds is 6. The fourth-order valence-corrected chi connectivity index (χ4v) is 2.52. The number of carbonyl (C=O) groups is 2. The van der Waals surface area contributed by atoms with Crippen LogP contribution >= 0.6 is 0 Å². The van der Waals surface area contributed by atoms with E-state index in [-0.39, 0.29) is 22.7 Å². The number of ether oxygens (including phenoxy) is 2. The molecule has 0 fully saturated rings. The van der Waals surface area contributed by atoms with Crippen molar-refractivity contribution in [3.8, 4) is 5.75 Å². The molecule has 1 amide bonds. The molecule has 3 aromatic rings. The summed E-state index contributed by atoms with van der Waals surface area (Å²) in [6.07, 6.45) is -0.787. The minimum absolute atomic E-state index is 0.166. The Morgan fingerprint density at radius 3 is 2.63 bits per heavy atom. The molecule has 0 aliphatic carbocycles. The number of fused-ring (bicyclic) bond motifs is 1. The number of aromatic nitrogens is 2. The van der Waals surface area contributed by atoms with Crippen molar-refractivity contribution < 1.29 is 19.1 Å². The molecule has 8 heteroatoms. The van der Waals surface area contributed by atoms with E-state index in [2.05, 4.69) is 9.97 Å². The molecule has 0 spiro atoms. The number of H-pyrrole nitrogens is 1. The van der Waals surface area contributed by atoms with Gasteiger partial charge in [0, 0.05) is 0 Å². The van der Waals surface area contributed by atoms with Crippen LogP contribution < -0.4 is 16.0 Å². The van der Waals surface area contributed by atoms with E-state index in [9.17, 15) is 14.4 Å². The number of primary amides is 1. The number of hydrogen-bond acceptors (Lipinski definition) is 6. The number of amides is 1. The van der Waals surface area contributed by atoms with Crippen molar-refractivity contribution in [3.63, 3.8) is 0 Å². The number of aromatic amines is 1. The van der Waals surface area contributed by atoms with Gasteiger partial charge in [-0.15, -0.1) is 0 Å². The van der Waals surface area contributed by atoms with E-state index in [1.807, 2.05) is 0 Å². The minimum atomic E-state index is -0.787. The number of hydrogen-bond donors (Lipinski definition) is 2. The average molecular weight is 367 g/mol.